The fourth-order valence-electron chi connectivity index (χ4n) is 1.89. The molecule has 2 aromatic rings. The first-order valence-corrected chi connectivity index (χ1v) is 7.52. The average Bonchev–Trinajstić information content (AvgIpc) is 2.93. The highest BCUT2D eigenvalue weighted by molar-refractivity contribution is 7.14. The number of nitrogens with one attached hydrogen (secondary N) is 1. The molecular formula is C15H13FN2O4S. The number of nitrogens with zero attached hydrogens (tertiary/aromatic N) is 1. The third kappa shape index (κ3) is 4.43. The van der Waals surface area contributed by atoms with Crippen LogP contribution in [-0.4, -0.2) is 16.6 Å². The fourth-order valence-corrected chi connectivity index (χ4v) is 2.72. The Bertz CT molecular complexity index is 773. The van der Waals surface area contributed by atoms with Crippen LogP contribution < -0.4 is 5.32 Å². The second-order valence-corrected chi connectivity index (χ2v) is 6.09. The lowest BCUT2D eigenvalue weighted by Gasteiger charge is -2.05. The van der Waals surface area contributed by atoms with Gasteiger partial charge in [-0.15, -0.1) is 11.3 Å². The molecule has 1 aromatic carbocycles. The molecule has 0 atom stereocenters. The Morgan fingerprint density at radius 3 is 2.61 bits per heavy atom. The fraction of sp³-hybridized carbons (Fsp3) is 0.200. The standard InChI is InChI=1S/C15H13FN2O4S/c1-9-2-6-14(23-9)13(19)5-7-15(20)17-10-3-4-11(16)12(8-10)18(21)22/h2-4,6,8H,5,7H2,1H3,(H,17,20). The largest absolute Gasteiger partial charge is 0.326 e. The van der Waals surface area contributed by atoms with Gasteiger partial charge < -0.3 is 5.32 Å². The minimum Gasteiger partial charge on any atom is -0.326 e. The van der Waals surface area contributed by atoms with Crippen molar-refractivity contribution in [2.75, 3.05) is 5.32 Å². The van der Waals surface area contributed by atoms with Crippen molar-refractivity contribution in [1.29, 1.82) is 0 Å². The summed E-state index contributed by atoms with van der Waals surface area (Å²) in [7, 11) is 0. The van der Waals surface area contributed by atoms with Gasteiger partial charge >= 0.3 is 5.69 Å². The summed E-state index contributed by atoms with van der Waals surface area (Å²) in [4.78, 5) is 35.1. The number of aryl methyl sites for hydroxylation is 1. The number of thiophene rings is 1. The quantitative estimate of drug-likeness (QED) is 0.495. The lowest BCUT2D eigenvalue weighted by Crippen LogP contribution is -2.13. The Kier molecular flexibility index (Phi) is 5.17. The maximum absolute atomic E-state index is 13.2. The number of nitro benzene ring substituents is 1. The molecule has 23 heavy (non-hydrogen) atoms. The molecule has 0 unspecified atom stereocenters. The SMILES string of the molecule is Cc1ccc(C(=O)CCC(=O)Nc2ccc(F)c([N+](=O)[O-])c2)s1. The van der Waals surface area contributed by atoms with Crippen LogP contribution in [0.25, 0.3) is 0 Å². The number of carbonyl (C=O) groups is 2. The van der Waals surface area contributed by atoms with Crippen LogP contribution in [0.1, 0.15) is 27.4 Å². The highest BCUT2D eigenvalue weighted by Crippen LogP contribution is 2.22. The molecule has 0 fully saturated rings. The van der Waals surface area contributed by atoms with Gasteiger partial charge in [-0.25, -0.2) is 0 Å². The molecule has 0 saturated heterocycles. The maximum Gasteiger partial charge on any atom is 0.306 e. The number of anilines is 1. The zero-order valence-electron chi connectivity index (χ0n) is 12.2. The van der Waals surface area contributed by atoms with Crippen molar-refractivity contribution in [2.24, 2.45) is 0 Å². The number of hydrogen-bond acceptors (Lipinski definition) is 5. The van der Waals surface area contributed by atoms with Crippen LogP contribution >= 0.6 is 11.3 Å². The number of nitro groups is 1. The number of benzene rings is 1. The van der Waals surface area contributed by atoms with Crippen molar-refractivity contribution in [3.8, 4) is 0 Å². The van der Waals surface area contributed by atoms with E-state index in [4.69, 9.17) is 0 Å². The first-order chi connectivity index (χ1) is 10.9. The van der Waals surface area contributed by atoms with Crippen LogP contribution in [0.15, 0.2) is 30.3 Å². The number of rotatable bonds is 6. The van der Waals surface area contributed by atoms with Gasteiger partial charge in [0.15, 0.2) is 5.78 Å². The van der Waals surface area contributed by atoms with Crippen LogP contribution in [0, 0.1) is 22.9 Å². The predicted molar refractivity (Wildman–Crippen MR) is 84.3 cm³/mol. The summed E-state index contributed by atoms with van der Waals surface area (Å²) in [6, 6.07) is 6.62. The number of carbonyl (C=O) groups excluding carboxylic acids is 2. The Morgan fingerprint density at radius 1 is 1.26 bits per heavy atom. The predicted octanol–water partition coefficient (Wildman–Crippen LogP) is 3.71. The molecule has 2 rings (SSSR count). The first kappa shape index (κ1) is 16.8. The lowest BCUT2D eigenvalue weighted by atomic mass is 10.2. The summed E-state index contributed by atoms with van der Waals surface area (Å²) >= 11 is 1.36. The van der Waals surface area contributed by atoms with Gasteiger partial charge in [-0.2, -0.15) is 4.39 Å². The highest BCUT2D eigenvalue weighted by atomic mass is 32.1. The zero-order valence-corrected chi connectivity index (χ0v) is 13.0. The number of ketones is 1. The third-order valence-electron chi connectivity index (χ3n) is 3.02. The van der Waals surface area contributed by atoms with Crippen molar-refractivity contribution >= 4 is 34.4 Å². The number of Topliss-reactive ketones (excluding diaryl/α,β-unsaturated/α-hetero) is 1. The van der Waals surface area contributed by atoms with E-state index in [9.17, 15) is 24.1 Å². The summed E-state index contributed by atoms with van der Waals surface area (Å²) in [5.74, 6) is -1.58. The molecular weight excluding hydrogens is 323 g/mol. The average molecular weight is 336 g/mol. The maximum atomic E-state index is 13.2. The highest BCUT2D eigenvalue weighted by Gasteiger charge is 2.16. The molecule has 0 aliphatic heterocycles. The summed E-state index contributed by atoms with van der Waals surface area (Å²) in [5.41, 5.74) is -0.601. The van der Waals surface area contributed by atoms with Crippen LogP contribution in [0.4, 0.5) is 15.8 Å². The third-order valence-corrected chi connectivity index (χ3v) is 4.06. The molecule has 6 nitrogen and oxygen atoms in total. The van der Waals surface area contributed by atoms with Crippen molar-refractivity contribution < 1.29 is 18.9 Å². The second kappa shape index (κ2) is 7.10. The van der Waals surface area contributed by atoms with Gasteiger partial charge in [0.2, 0.25) is 11.7 Å². The molecule has 0 radical (unpaired) electrons. The van der Waals surface area contributed by atoms with Gasteiger partial charge in [-0.05, 0) is 31.2 Å². The molecule has 1 amide bonds. The molecule has 1 heterocycles. The van der Waals surface area contributed by atoms with Gasteiger partial charge in [0, 0.05) is 29.5 Å². The monoisotopic (exact) mass is 336 g/mol. The summed E-state index contributed by atoms with van der Waals surface area (Å²) in [6.07, 6.45) is -0.0178. The minimum atomic E-state index is -0.976. The number of hydrogen-bond donors (Lipinski definition) is 1. The van der Waals surface area contributed by atoms with Crippen molar-refractivity contribution in [2.45, 2.75) is 19.8 Å². The van der Waals surface area contributed by atoms with Crippen molar-refractivity contribution in [1.82, 2.24) is 0 Å². The van der Waals surface area contributed by atoms with Crippen LogP contribution in [0.3, 0.4) is 0 Å². The van der Waals surface area contributed by atoms with Crippen LogP contribution in [-0.2, 0) is 4.79 Å². The Morgan fingerprint density at radius 2 is 2.00 bits per heavy atom. The van der Waals surface area contributed by atoms with Crippen molar-refractivity contribution in [3.05, 3.63) is 56.0 Å². The van der Waals surface area contributed by atoms with Crippen LogP contribution in [0.2, 0.25) is 0 Å². The summed E-state index contributed by atoms with van der Waals surface area (Å²) < 4.78 is 13.2. The molecule has 0 spiro atoms. The van der Waals surface area contributed by atoms with Crippen molar-refractivity contribution in [3.63, 3.8) is 0 Å². The van der Waals surface area contributed by atoms with E-state index in [1.54, 1.807) is 6.07 Å². The molecule has 8 heteroatoms. The minimum absolute atomic E-state index is 0.0368. The Labute approximate surface area is 135 Å². The van der Waals surface area contributed by atoms with Gasteiger partial charge in [-0.3, -0.25) is 19.7 Å². The smallest absolute Gasteiger partial charge is 0.306 e. The van der Waals surface area contributed by atoms with E-state index in [0.29, 0.717) is 4.88 Å². The van der Waals surface area contributed by atoms with E-state index in [-0.39, 0.29) is 24.3 Å². The first-order valence-electron chi connectivity index (χ1n) is 6.70. The summed E-state index contributed by atoms with van der Waals surface area (Å²) in [5, 5.41) is 13.1. The molecule has 120 valence electrons. The molecule has 1 aromatic heterocycles. The summed E-state index contributed by atoms with van der Waals surface area (Å²) in [6.45, 7) is 1.88. The number of halogens is 1. The van der Waals surface area contributed by atoms with E-state index in [1.165, 1.54) is 17.4 Å². The van der Waals surface area contributed by atoms with Gasteiger partial charge in [0.25, 0.3) is 0 Å². The van der Waals surface area contributed by atoms with E-state index in [0.717, 1.165) is 17.0 Å². The van der Waals surface area contributed by atoms with E-state index in [1.807, 2.05) is 13.0 Å². The van der Waals surface area contributed by atoms with E-state index in [2.05, 4.69) is 5.32 Å². The zero-order chi connectivity index (χ0) is 17.0. The number of amides is 1. The second-order valence-electron chi connectivity index (χ2n) is 4.80. The molecule has 0 aliphatic rings. The van der Waals surface area contributed by atoms with Gasteiger partial charge in [0.05, 0.1) is 9.80 Å². The van der Waals surface area contributed by atoms with Gasteiger partial charge in [-0.1, -0.05) is 0 Å². The Hall–Kier alpha value is -2.61. The van der Waals surface area contributed by atoms with E-state index < -0.39 is 22.3 Å². The normalized spacial score (nSPS) is 10.3. The molecule has 0 saturated carbocycles. The molecule has 0 aliphatic carbocycles. The molecule has 1 N–H and O–H groups in total. The molecule has 0 bridgehead atoms. The lowest BCUT2D eigenvalue weighted by molar-refractivity contribution is -0.387. The van der Waals surface area contributed by atoms with E-state index >= 15 is 0 Å². The topological polar surface area (TPSA) is 89.3 Å². The van der Waals surface area contributed by atoms with Gasteiger partial charge in [0.1, 0.15) is 0 Å². The van der Waals surface area contributed by atoms with Crippen LogP contribution in [0.5, 0.6) is 0 Å². The Balaban J connectivity index is 1.93.